The lowest BCUT2D eigenvalue weighted by Crippen LogP contribution is -2.47. The van der Waals surface area contributed by atoms with Crippen molar-refractivity contribution in [2.45, 2.75) is 32.6 Å². The van der Waals surface area contributed by atoms with E-state index in [4.69, 9.17) is 15.2 Å². The van der Waals surface area contributed by atoms with Gasteiger partial charge in [0, 0.05) is 31.8 Å². The molecule has 2 aliphatic heterocycles. The monoisotopic (exact) mass is 380 g/mol. The van der Waals surface area contributed by atoms with Crippen molar-refractivity contribution in [3.63, 3.8) is 0 Å². The smallest absolute Gasteiger partial charge is 0.231 e. The van der Waals surface area contributed by atoms with Crippen LogP contribution in [0.2, 0.25) is 0 Å². The number of nitrogens with zero attached hydrogens (tertiary/aromatic N) is 3. The summed E-state index contributed by atoms with van der Waals surface area (Å²) in [4.78, 5) is 13.3. The molecule has 1 aromatic rings. The zero-order valence-corrected chi connectivity index (χ0v) is 16.6. The van der Waals surface area contributed by atoms with Crippen molar-refractivity contribution in [1.29, 1.82) is 5.26 Å². The third kappa shape index (κ3) is 2.72. The molecule has 0 spiro atoms. The summed E-state index contributed by atoms with van der Waals surface area (Å²) in [6.45, 7) is 4.33. The van der Waals surface area contributed by atoms with Gasteiger partial charge in [0.1, 0.15) is 5.82 Å². The van der Waals surface area contributed by atoms with E-state index >= 15 is 0 Å². The quantitative estimate of drug-likeness (QED) is 0.843. The lowest BCUT2D eigenvalue weighted by Gasteiger charge is -2.45. The fourth-order valence-corrected chi connectivity index (χ4v) is 4.37. The number of hydrogen-bond acceptors (Lipinski definition) is 7. The Kier molecular flexibility index (Phi) is 4.12. The van der Waals surface area contributed by atoms with Gasteiger partial charge in [0.25, 0.3) is 0 Å². The molecule has 7 nitrogen and oxygen atoms in total. The van der Waals surface area contributed by atoms with Gasteiger partial charge in [-0.15, -0.1) is 0 Å². The Morgan fingerprint density at radius 3 is 2.64 bits per heavy atom. The standard InChI is InChI=1S/C21H24N4O3/c1-21(2)8-14-19(15(26)9-21)18(13(10-22)20(23)25(14)24(3)4)12-5-6-16-17(7-12)28-11-27-16/h5-7,18H,8-9,11,23H2,1-4H3/t18-/m0/s1. The SMILES string of the molecule is CN(C)N1C(N)=C(C#N)[C@H](c2ccc3c(c2)OCO3)C2=C1CC(C)(C)CC2=O. The summed E-state index contributed by atoms with van der Waals surface area (Å²) in [7, 11) is 3.72. The van der Waals surface area contributed by atoms with Crippen molar-refractivity contribution in [2.75, 3.05) is 20.9 Å². The number of rotatable bonds is 2. The number of ketones is 1. The molecule has 0 saturated heterocycles. The maximum atomic E-state index is 13.3. The van der Waals surface area contributed by atoms with Crippen LogP contribution in [0.15, 0.2) is 40.9 Å². The first-order chi connectivity index (χ1) is 13.2. The highest BCUT2D eigenvalue weighted by atomic mass is 16.7. The number of nitrogens with two attached hydrogens (primary N) is 1. The first kappa shape index (κ1) is 18.4. The van der Waals surface area contributed by atoms with Crippen LogP contribution in [0.3, 0.4) is 0 Å². The molecule has 2 heterocycles. The number of Topliss-reactive ketones (excluding diaryl/α,β-unsaturated/α-hetero) is 1. The van der Waals surface area contributed by atoms with E-state index in [0.717, 1.165) is 11.3 Å². The Bertz CT molecular complexity index is 968. The minimum absolute atomic E-state index is 0.0565. The van der Waals surface area contributed by atoms with Crippen molar-refractivity contribution in [3.05, 3.63) is 46.4 Å². The van der Waals surface area contributed by atoms with E-state index in [-0.39, 0.29) is 18.0 Å². The summed E-state index contributed by atoms with van der Waals surface area (Å²) in [6, 6.07) is 7.80. The van der Waals surface area contributed by atoms with Gasteiger partial charge in [-0.3, -0.25) is 9.80 Å². The normalized spacial score (nSPS) is 23.2. The van der Waals surface area contributed by atoms with Crippen LogP contribution in [-0.2, 0) is 4.79 Å². The topological polar surface area (TPSA) is 91.8 Å². The van der Waals surface area contributed by atoms with Gasteiger partial charge in [-0.1, -0.05) is 19.9 Å². The Balaban J connectivity index is 1.94. The number of fused-ring (bicyclic) bond motifs is 1. The molecule has 0 fully saturated rings. The Labute approximate surface area is 164 Å². The van der Waals surface area contributed by atoms with Gasteiger partial charge >= 0.3 is 0 Å². The van der Waals surface area contributed by atoms with Crippen molar-refractivity contribution < 1.29 is 14.3 Å². The molecule has 1 aromatic carbocycles. The largest absolute Gasteiger partial charge is 0.454 e. The second-order valence-electron chi connectivity index (χ2n) is 8.42. The molecule has 1 atom stereocenters. The number of hydrazine groups is 1. The molecular weight excluding hydrogens is 356 g/mol. The summed E-state index contributed by atoms with van der Waals surface area (Å²) in [5.41, 5.74) is 8.98. The van der Waals surface area contributed by atoms with E-state index in [1.54, 1.807) is 5.01 Å². The first-order valence-electron chi connectivity index (χ1n) is 9.26. The molecular formula is C21H24N4O3. The number of carbonyl (C=O) groups excluding carboxylic acids is 1. The average Bonchev–Trinajstić information content (AvgIpc) is 3.06. The zero-order chi connectivity index (χ0) is 20.2. The summed E-state index contributed by atoms with van der Waals surface area (Å²) < 4.78 is 10.9. The number of carbonyl (C=O) groups is 1. The molecule has 28 heavy (non-hydrogen) atoms. The zero-order valence-electron chi connectivity index (χ0n) is 16.6. The average molecular weight is 380 g/mol. The highest BCUT2D eigenvalue weighted by Gasteiger charge is 2.45. The summed E-state index contributed by atoms with van der Waals surface area (Å²) in [5, 5.41) is 13.6. The fourth-order valence-electron chi connectivity index (χ4n) is 4.37. The predicted octanol–water partition coefficient (Wildman–Crippen LogP) is 2.63. The van der Waals surface area contributed by atoms with E-state index in [0.29, 0.717) is 41.3 Å². The van der Waals surface area contributed by atoms with Gasteiger partial charge in [-0.2, -0.15) is 5.26 Å². The summed E-state index contributed by atoms with van der Waals surface area (Å²) in [6.07, 6.45) is 1.14. The molecule has 0 amide bonds. The van der Waals surface area contributed by atoms with E-state index in [2.05, 4.69) is 19.9 Å². The van der Waals surface area contributed by atoms with Crippen molar-refractivity contribution in [3.8, 4) is 17.6 Å². The predicted molar refractivity (Wildman–Crippen MR) is 103 cm³/mol. The van der Waals surface area contributed by atoms with Crippen LogP contribution in [0.25, 0.3) is 0 Å². The van der Waals surface area contributed by atoms with Crippen LogP contribution >= 0.6 is 0 Å². The van der Waals surface area contributed by atoms with Crippen LogP contribution < -0.4 is 15.2 Å². The minimum atomic E-state index is -0.505. The molecule has 2 N–H and O–H groups in total. The second kappa shape index (κ2) is 6.28. The van der Waals surface area contributed by atoms with Gasteiger partial charge in [-0.05, 0) is 29.5 Å². The molecule has 0 bridgehead atoms. The first-order valence-corrected chi connectivity index (χ1v) is 9.26. The van der Waals surface area contributed by atoms with Gasteiger partial charge in [0.2, 0.25) is 6.79 Å². The molecule has 0 radical (unpaired) electrons. The number of nitriles is 1. The molecule has 1 aliphatic carbocycles. The van der Waals surface area contributed by atoms with E-state index in [1.807, 2.05) is 37.3 Å². The second-order valence-corrected chi connectivity index (χ2v) is 8.42. The van der Waals surface area contributed by atoms with Crippen LogP contribution in [0, 0.1) is 16.7 Å². The Morgan fingerprint density at radius 2 is 1.96 bits per heavy atom. The maximum absolute atomic E-state index is 13.3. The van der Waals surface area contributed by atoms with Gasteiger partial charge < -0.3 is 15.2 Å². The highest BCUT2D eigenvalue weighted by molar-refractivity contribution is 6.00. The van der Waals surface area contributed by atoms with E-state index < -0.39 is 5.92 Å². The maximum Gasteiger partial charge on any atom is 0.231 e. The Morgan fingerprint density at radius 1 is 1.25 bits per heavy atom. The third-order valence-electron chi connectivity index (χ3n) is 5.48. The number of hydrogen-bond donors (Lipinski definition) is 1. The highest BCUT2D eigenvalue weighted by Crippen LogP contribution is 2.50. The fraction of sp³-hybridized carbons (Fsp3) is 0.429. The third-order valence-corrected chi connectivity index (χ3v) is 5.48. The lowest BCUT2D eigenvalue weighted by atomic mass is 9.69. The molecule has 0 unspecified atom stereocenters. The van der Waals surface area contributed by atoms with Crippen LogP contribution in [-0.4, -0.2) is 36.7 Å². The van der Waals surface area contributed by atoms with Crippen molar-refractivity contribution >= 4 is 5.78 Å². The van der Waals surface area contributed by atoms with Crippen molar-refractivity contribution in [2.24, 2.45) is 11.1 Å². The van der Waals surface area contributed by atoms with Crippen molar-refractivity contribution in [1.82, 2.24) is 10.0 Å². The van der Waals surface area contributed by atoms with Crippen LogP contribution in [0.5, 0.6) is 11.5 Å². The van der Waals surface area contributed by atoms with Gasteiger partial charge in [0.05, 0.1) is 17.6 Å². The Hall–Kier alpha value is -2.98. The molecule has 4 rings (SSSR count). The van der Waals surface area contributed by atoms with Crippen LogP contribution in [0.4, 0.5) is 0 Å². The van der Waals surface area contributed by atoms with Gasteiger partial charge in [0.15, 0.2) is 17.3 Å². The molecule has 0 saturated carbocycles. The molecule has 7 heteroatoms. The number of benzene rings is 1. The van der Waals surface area contributed by atoms with E-state index in [1.165, 1.54) is 0 Å². The van der Waals surface area contributed by atoms with Crippen LogP contribution in [0.1, 0.15) is 38.2 Å². The molecule has 146 valence electrons. The number of ether oxygens (including phenoxy) is 2. The molecule has 0 aromatic heterocycles. The minimum Gasteiger partial charge on any atom is -0.454 e. The number of allylic oxidation sites excluding steroid dienone is 3. The summed E-state index contributed by atoms with van der Waals surface area (Å²) >= 11 is 0. The molecule has 3 aliphatic rings. The lowest BCUT2D eigenvalue weighted by molar-refractivity contribution is -0.119. The van der Waals surface area contributed by atoms with Gasteiger partial charge in [-0.25, -0.2) is 5.01 Å². The van der Waals surface area contributed by atoms with E-state index in [9.17, 15) is 10.1 Å². The summed E-state index contributed by atoms with van der Waals surface area (Å²) in [5.74, 6) is 1.19.